The van der Waals surface area contributed by atoms with Crippen molar-refractivity contribution >= 4 is 16.8 Å². The Morgan fingerprint density at radius 1 is 0.935 bits per heavy atom. The van der Waals surface area contributed by atoms with Gasteiger partial charge in [-0.3, -0.25) is 9.69 Å². The molecule has 2 bridgehead atoms. The SMILES string of the molecule is NC(=O)c1ccc2c3c(n(C4CC5CCC(C4)N5Cc4ccccc4)c2c1)CCCC3. The third kappa shape index (κ3) is 3.20. The second-order valence-electron chi connectivity index (χ2n) is 9.77. The molecule has 2 atom stereocenters. The van der Waals surface area contributed by atoms with Gasteiger partial charge in [-0.05, 0) is 74.6 Å². The molecule has 2 fully saturated rings. The molecule has 6 rings (SSSR count). The highest BCUT2D eigenvalue weighted by Gasteiger charge is 2.42. The number of carbonyl (C=O) groups excluding carboxylic acids is 1. The number of aryl methyl sites for hydroxylation is 1. The largest absolute Gasteiger partial charge is 0.366 e. The van der Waals surface area contributed by atoms with Gasteiger partial charge in [-0.25, -0.2) is 0 Å². The molecule has 1 aromatic heterocycles. The van der Waals surface area contributed by atoms with Gasteiger partial charge in [0.1, 0.15) is 0 Å². The van der Waals surface area contributed by atoms with Gasteiger partial charge in [0.2, 0.25) is 5.91 Å². The molecule has 0 saturated carbocycles. The molecule has 4 heteroatoms. The van der Waals surface area contributed by atoms with Crippen molar-refractivity contribution in [2.24, 2.45) is 5.73 Å². The standard InChI is InChI=1S/C27H31N3O/c28-27(31)19-10-13-24-23-8-4-5-9-25(23)30(26(24)14-19)22-15-20-11-12-21(16-22)29(20)17-18-6-2-1-3-7-18/h1-3,6-7,10,13-14,20-22H,4-5,8-9,11-12,15-17H2,(H2,28,31). The molecule has 160 valence electrons. The first-order valence-corrected chi connectivity index (χ1v) is 11.9. The number of hydrogen-bond acceptors (Lipinski definition) is 2. The van der Waals surface area contributed by atoms with E-state index in [0.29, 0.717) is 23.7 Å². The highest BCUT2D eigenvalue weighted by atomic mass is 16.1. The van der Waals surface area contributed by atoms with E-state index >= 15 is 0 Å². The van der Waals surface area contributed by atoms with Crippen LogP contribution in [-0.4, -0.2) is 27.5 Å². The summed E-state index contributed by atoms with van der Waals surface area (Å²) in [4.78, 5) is 14.7. The van der Waals surface area contributed by atoms with E-state index in [4.69, 9.17) is 5.73 Å². The minimum absolute atomic E-state index is 0.328. The van der Waals surface area contributed by atoms with E-state index in [1.807, 2.05) is 6.07 Å². The monoisotopic (exact) mass is 413 g/mol. The smallest absolute Gasteiger partial charge is 0.248 e. The number of carbonyl (C=O) groups is 1. The van der Waals surface area contributed by atoms with Gasteiger partial charge in [-0.1, -0.05) is 36.4 Å². The average molecular weight is 414 g/mol. The number of rotatable bonds is 4. The maximum Gasteiger partial charge on any atom is 0.248 e. The summed E-state index contributed by atoms with van der Waals surface area (Å²) in [5.41, 5.74) is 12.0. The molecule has 0 spiro atoms. The summed E-state index contributed by atoms with van der Waals surface area (Å²) in [6.45, 7) is 1.07. The maximum absolute atomic E-state index is 11.9. The Morgan fingerprint density at radius 2 is 1.68 bits per heavy atom. The number of benzene rings is 2. The number of hydrogen-bond donors (Lipinski definition) is 1. The topological polar surface area (TPSA) is 51.3 Å². The zero-order valence-electron chi connectivity index (χ0n) is 18.1. The fourth-order valence-electron chi connectivity index (χ4n) is 6.66. The molecular formula is C27H31N3O. The fraction of sp³-hybridized carbons (Fsp3) is 0.444. The fourth-order valence-corrected chi connectivity index (χ4v) is 6.66. The number of fused-ring (bicyclic) bond motifs is 5. The Labute approximate surface area is 184 Å². The Balaban J connectivity index is 1.37. The molecule has 3 heterocycles. The second kappa shape index (κ2) is 7.52. The van der Waals surface area contributed by atoms with Gasteiger partial charge >= 0.3 is 0 Å². The summed E-state index contributed by atoms with van der Waals surface area (Å²) in [6.07, 6.45) is 9.89. The Kier molecular flexibility index (Phi) is 4.64. The van der Waals surface area contributed by atoms with Crippen molar-refractivity contribution in [3.63, 3.8) is 0 Å². The van der Waals surface area contributed by atoms with Crippen LogP contribution in [0.25, 0.3) is 10.9 Å². The first-order chi connectivity index (χ1) is 15.2. The van der Waals surface area contributed by atoms with E-state index in [-0.39, 0.29) is 5.91 Å². The number of primary amides is 1. The Bertz CT molecular complexity index is 1120. The van der Waals surface area contributed by atoms with Crippen LogP contribution < -0.4 is 5.73 Å². The van der Waals surface area contributed by atoms with Crippen molar-refractivity contribution in [3.05, 3.63) is 70.9 Å². The highest BCUT2D eigenvalue weighted by molar-refractivity contribution is 5.98. The minimum Gasteiger partial charge on any atom is -0.366 e. The van der Waals surface area contributed by atoms with Crippen LogP contribution in [0.5, 0.6) is 0 Å². The molecule has 2 aliphatic heterocycles. The lowest BCUT2D eigenvalue weighted by Crippen LogP contribution is -2.43. The van der Waals surface area contributed by atoms with Crippen LogP contribution in [0.3, 0.4) is 0 Å². The molecule has 2 unspecified atom stereocenters. The van der Waals surface area contributed by atoms with Gasteiger partial charge in [-0.2, -0.15) is 0 Å². The third-order valence-electron chi connectivity index (χ3n) is 8.03. The van der Waals surface area contributed by atoms with E-state index in [1.54, 1.807) is 0 Å². The van der Waals surface area contributed by atoms with Crippen LogP contribution in [0.4, 0.5) is 0 Å². The lowest BCUT2D eigenvalue weighted by molar-refractivity contribution is 0.0992. The van der Waals surface area contributed by atoms with E-state index < -0.39 is 0 Å². The van der Waals surface area contributed by atoms with Crippen molar-refractivity contribution in [1.29, 1.82) is 0 Å². The summed E-state index contributed by atoms with van der Waals surface area (Å²) in [6, 6.07) is 18.9. The maximum atomic E-state index is 11.9. The number of nitrogens with zero attached hydrogens (tertiary/aromatic N) is 2. The summed E-state index contributed by atoms with van der Waals surface area (Å²) in [5.74, 6) is -0.328. The molecule has 1 aliphatic carbocycles. The van der Waals surface area contributed by atoms with Gasteiger partial charge in [0, 0.05) is 46.8 Å². The van der Waals surface area contributed by atoms with Crippen molar-refractivity contribution < 1.29 is 4.79 Å². The van der Waals surface area contributed by atoms with Crippen molar-refractivity contribution in [3.8, 4) is 0 Å². The normalized spacial score (nSPS) is 25.6. The predicted octanol–water partition coefficient (Wildman–Crippen LogP) is 4.99. The first kappa shape index (κ1) is 19.1. The van der Waals surface area contributed by atoms with Crippen LogP contribution in [0.15, 0.2) is 48.5 Å². The lowest BCUT2D eigenvalue weighted by atomic mass is 9.93. The molecule has 31 heavy (non-hydrogen) atoms. The van der Waals surface area contributed by atoms with Crippen LogP contribution in [-0.2, 0) is 19.4 Å². The summed E-state index contributed by atoms with van der Waals surface area (Å²) >= 11 is 0. The number of piperidine rings is 1. The van der Waals surface area contributed by atoms with Crippen LogP contribution in [0.1, 0.15) is 71.7 Å². The van der Waals surface area contributed by atoms with Crippen LogP contribution >= 0.6 is 0 Å². The Morgan fingerprint density at radius 3 is 2.42 bits per heavy atom. The summed E-state index contributed by atoms with van der Waals surface area (Å²) in [5, 5.41) is 1.35. The summed E-state index contributed by atoms with van der Waals surface area (Å²) < 4.78 is 2.64. The van der Waals surface area contributed by atoms with Crippen molar-refractivity contribution in [1.82, 2.24) is 9.47 Å². The zero-order valence-corrected chi connectivity index (χ0v) is 18.1. The quantitative estimate of drug-likeness (QED) is 0.655. The van der Waals surface area contributed by atoms with E-state index in [2.05, 4.69) is 51.9 Å². The minimum atomic E-state index is -0.328. The number of nitrogens with two attached hydrogens (primary N) is 1. The summed E-state index contributed by atoms with van der Waals surface area (Å²) in [7, 11) is 0. The van der Waals surface area contributed by atoms with Gasteiger partial charge in [-0.15, -0.1) is 0 Å². The van der Waals surface area contributed by atoms with E-state index in [9.17, 15) is 4.79 Å². The zero-order chi connectivity index (χ0) is 20.9. The molecule has 3 aliphatic rings. The van der Waals surface area contributed by atoms with E-state index in [0.717, 1.165) is 19.4 Å². The molecule has 2 N–H and O–H groups in total. The van der Waals surface area contributed by atoms with Gasteiger partial charge < -0.3 is 10.3 Å². The highest BCUT2D eigenvalue weighted by Crippen LogP contribution is 2.45. The van der Waals surface area contributed by atoms with Crippen molar-refractivity contribution in [2.45, 2.75) is 76.0 Å². The van der Waals surface area contributed by atoms with E-state index in [1.165, 1.54) is 66.2 Å². The van der Waals surface area contributed by atoms with Crippen LogP contribution in [0, 0.1) is 0 Å². The predicted molar refractivity (Wildman–Crippen MR) is 124 cm³/mol. The average Bonchev–Trinajstić information content (AvgIpc) is 3.23. The molecular weight excluding hydrogens is 382 g/mol. The molecule has 4 nitrogen and oxygen atoms in total. The van der Waals surface area contributed by atoms with Gasteiger partial charge in [0.25, 0.3) is 0 Å². The molecule has 2 saturated heterocycles. The van der Waals surface area contributed by atoms with Crippen LogP contribution in [0.2, 0.25) is 0 Å². The Hall–Kier alpha value is -2.59. The van der Waals surface area contributed by atoms with Gasteiger partial charge in [0.15, 0.2) is 0 Å². The number of amides is 1. The first-order valence-electron chi connectivity index (χ1n) is 11.9. The molecule has 0 radical (unpaired) electrons. The molecule has 2 aromatic carbocycles. The molecule has 1 amide bonds. The van der Waals surface area contributed by atoms with Crippen molar-refractivity contribution in [2.75, 3.05) is 0 Å². The third-order valence-corrected chi connectivity index (χ3v) is 8.03. The number of aromatic nitrogens is 1. The van der Waals surface area contributed by atoms with Gasteiger partial charge in [0.05, 0.1) is 0 Å². The molecule has 3 aromatic rings. The second-order valence-corrected chi connectivity index (χ2v) is 9.77. The lowest BCUT2D eigenvalue weighted by Gasteiger charge is -2.40.